The van der Waals surface area contributed by atoms with E-state index in [-0.39, 0.29) is 29.3 Å². The number of carbonyl (C=O) groups excluding carboxylic acids is 1. The lowest BCUT2D eigenvalue weighted by Crippen LogP contribution is -2.48. The van der Waals surface area contributed by atoms with Crippen molar-refractivity contribution in [1.29, 1.82) is 0 Å². The van der Waals surface area contributed by atoms with E-state index in [9.17, 15) is 15.0 Å². The Balaban J connectivity index is 1.22. The van der Waals surface area contributed by atoms with Crippen molar-refractivity contribution < 1.29 is 24.1 Å². The zero-order valence-electron chi connectivity index (χ0n) is 19.3. The molecule has 1 atom stereocenters. The molecule has 180 valence electrons. The van der Waals surface area contributed by atoms with E-state index in [1.165, 1.54) is 44.6 Å². The SMILES string of the molecule is O=C(c1cc(C2CC2)c(OCC23CC4CC(CC(C4)C2)C3)cc1F)N1CCC[C@H]1CC(O)O. The summed E-state index contributed by atoms with van der Waals surface area (Å²) in [4.78, 5) is 14.9. The maximum atomic E-state index is 15.3. The summed E-state index contributed by atoms with van der Waals surface area (Å²) in [6, 6.07) is 2.93. The van der Waals surface area contributed by atoms with Gasteiger partial charge in [0, 0.05) is 30.5 Å². The van der Waals surface area contributed by atoms with Crippen molar-refractivity contribution in [3.63, 3.8) is 0 Å². The maximum absolute atomic E-state index is 15.3. The number of carbonyl (C=O) groups is 1. The van der Waals surface area contributed by atoms with Gasteiger partial charge in [0.2, 0.25) is 0 Å². The monoisotopic (exact) mass is 457 g/mol. The third-order valence-electron chi connectivity index (χ3n) is 9.17. The Morgan fingerprint density at radius 2 is 1.76 bits per heavy atom. The summed E-state index contributed by atoms with van der Waals surface area (Å²) < 4.78 is 21.7. The summed E-state index contributed by atoms with van der Waals surface area (Å²) in [6.07, 6.45) is 10.2. The van der Waals surface area contributed by atoms with E-state index in [2.05, 4.69) is 0 Å². The van der Waals surface area contributed by atoms with Crippen molar-refractivity contribution in [2.75, 3.05) is 13.2 Å². The molecule has 1 aliphatic heterocycles. The molecule has 1 aromatic rings. The van der Waals surface area contributed by atoms with Crippen LogP contribution in [0.25, 0.3) is 0 Å². The molecular formula is C27H36FNO4. The topological polar surface area (TPSA) is 70.0 Å². The van der Waals surface area contributed by atoms with Crippen LogP contribution in [-0.2, 0) is 0 Å². The first-order valence-electron chi connectivity index (χ1n) is 13.0. The van der Waals surface area contributed by atoms with Crippen molar-refractivity contribution in [3.05, 3.63) is 29.1 Å². The second kappa shape index (κ2) is 8.23. The quantitative estimate of drug-likeness (QED) is 0.587. The van der Waals surface area contributed by atoms with E-state index in [4.69, 9.17) is 4.74 Å². The number of aliphatic hydroxyl groups is 2. The van der Waals surface area contributed by atoms with Gasteiger partial charge >= 0.3 is 0 Å². The highest BCUT2D eigenvalue weighted by molar-refractivity contribution is 5.95. The van der Waals surface area contributed by atoms with Gasteiger partial charge in [-0.1, -0.05) is 0 Å². The number of ether oxygens (including phenoxy) is 1. The lowest BCUT2D eigenvalue weighted by molar-refractivity contribution is -0.0747. The summed E-state index contributed by atoms with van der Waals surface area (Å²) >= 11 is 0. The smallest absolute Gasteiger partial charge is 0.257 e. The number of halogens is 1. The Morgan fingerprint density at radius 3 is 2.36 bits per heavy atom. The molecular weight excluding hydrogens is 421 g/mol. The van der Waals surface area contributed by atoms with Gasteiger partial charge < -0.3 is 19.8 Å². The van der Waals surface area contributed by atoms with Gasteiger partial charge in [0.25, 0.3) is 5.91 Å². The molecule has 5 nitrogen and oxygen atoms in total. The van der Waals surface area contributed by atoms with Crippen LogP contribution >= 0.6 is 0 Å². The highest BCUT2D eigenvalue weighted by atomic mass is 19.1. The average molecular weight is 458 g/mol. The zero-order valence-corrected chi connectivity index (χ0v) is 19.3. The Morgan fingerprint density at radius 1 is 1.09 bits per heavy atom. The number of likely N-dealkylation sites (tertiary alicyclic amines) is 1. The Hall–Kier alpha value is -1.66. The Kier molecular flexibility index (Phi) is 5.45. The fourth-order valence-electron chi connectivity index (χ4n) is 8.02. The zero-order chi connectivity index (χ0) is 22.7. The van der Waals surface area contributed by atoms with Crippen molar-refractivity contribution in [3.8, 4) is 5.75 Å². The van der Waals surface area contributed by atoms with E-state index in [1.54, 1.807) is 11.0 Å². The second-order valence-corrected chi connectivity index (χ2v) is 11.9. The number of rotatable bonds is 7. The summed E-state index contributed by atoms with van der Waals surface area (Å²) in [5, 5.41) is 18.7. The lowest BCUT2D eigenvalue weighted by atomic mass is 9.50. The predicted molar refractivity (Wildman–Crippen MR) is 121 cm³/mol. The van der Waals surface area contributed by atoms with Crippen LogP contribution < -0.4 is 4.74 Å². The van der Waals surface area contributed by atoms with E-state index >= 15 is 4.39 Å². The van der Waals surface area contributed by atoms with Gasteiger partial charge in [-0.15, -0.1) is 0 Å². The van der Waals surface area contributed by atoms with E-state index < -0.39 is 12.1 Å². The summed E-state index contributed by atoms with van der Waals surface area (Å²) in [6.45, 7) is 1.20. The molecule has 6 aliphatic rings. The Bertz CT molecular complexity index is 892. The fourth-order valence-corrected chi connectivity index (χ4v) is 8.02. The van der Waals surface area contributed by atoms with Crippen LogP contribution in [0.15, 0.2) is 12.1 Å². The number of amides is 1. The minimum Gasteiger partial charge on any atom is -0.493 e. The minimum absolute atomic E-state index is 0.0957. The molecule has 1 saturated heterocycles. The van der Waals surface area contributed by atoms with E-state index in [0.29, 0.717) is 31.2 Å². The summed E-state index contributed by atoms with van der Waals surface area (Å²) in [5.74, 6) is 2.66. The molecule has 0 aromatic heterocycles. The molecule has 5 saturated carbocycles. The molecule has 7 rings (SSSR count). The van der Waals surface area contributed by atoms with Gasteiger partial charge in [0.05, 0.1) is 12.2 Å². The molecule has 4 bridgehead atoms. The van der Waals surface area contributed by atoms with Crippen LogP contribution in [0.2, 0.25) is 0 Å². The van der Waals surface area contributed by atoms with Gasteiger partial charge in [-0.05, 0) is 99.5 Å². The van der Waals surface area contributed by atoms with Gasteiger partial charge in [-0.2, -0.15) is 0 Å². The Labute approximate surface area is 195 Å². The highest BCUT2D eigenvalue weighted by Crippen LogP contribution is 2.60. The van der Waals surface area contributed by atoms with Gasteiger partial charge in [0.1, 0.15) is 11.6 Å². The number of hydrogen-bond donors (Lipinski definition) is 2. The molecule has 33 heavy (non-hydrogen) atoms. The van der Waals surface area contributed by atoms with Crippen LogP contribution in [0.4, 0.5) is 4.39 Å². The summed E-state index contributed by atoms with van der Waals surface area (Å²) in [7, 11) is 0. The standard InChI is InChI=1S/C27H36FNO4/c28-23-11-24(33-15-27-12-16-6-17(13-27)8-18(7-16)14-27)21(19-3-4-19)10-22(23)26(32)29-5-1-2-20(29)9-25(30)31/h10-11,16-20,25,30-31H,1-9,12-15H2/t16?,17?,18?,20-,27?/m0/s1. The molecule has 1 amide bonds. The molecule has 6 heteroatoms. The lowest BCUT2D eigenvalue weighted by Gasteiger charge is -2.56. The number of nitrogens with zero attached hydrogens (tertiary/aromatic N) is 1. The molecule has 6 fully saturated rings. The van der Waals surface area contributed by atoms with Crippen LogP contribution in [-0.4, -0.2) is 46.5 Å². The first-order valence-corrected chi connectivity index (χ1v) is 13.0. The van der Waals surface area contributed by atoms with Gasteiger partial charge in [-0.3, -0.25) is 4.79 Å². The van der Waals surface area contributed by atoms with Gasteiger partial charge in [-0.25, -0.2) is 4.39 Å². The third-order valence-corrected chi connectivity index (χ3v) is 9.17. The number of aliphatic hydroxyl groups excluding tert-OH is 1. The molecule has 1 heterocycles. The number of benzene rings is 1. The third kappa shape index (κ3) is 4.18. The molecule has 1 aromatic carbocycles. The molecule has 0 radical (unpaired) electrons. The second-order valence-electron chi connectivity index (χ2n) is 11.9. The molecule has 0 unspecified atom stereocenters. The van der Waals surface area contributed by atoms with Crippen molar-refractivity contribution in [1.82, 2.24) is 4.90 Å². The normalized spacial score (nSPS) is 35.0. The maximum Gasteiger partial charge on any atom is 0.257 e. The molecule has 5 aliphatic carbocycles. The van der Waals surface area contributed by atoms with Crippen molar-refractivity contribution >= 4 is 5.91 Å². The predicted octanol–water partition coefficient (Wildman–Crippen LogP) is 4.60. The van der Waals surface area contributed by atoms with Crippen molar-refractivity contribution in [2.45, 2.75) is 88.9 Å². The van der Waals surface area contributed by atoms with Crippen LogP contribution in [0.5, 0.6) is 5.75 Å². The average Bonchev–Trinajstić information content (AvgIpc) is 3.49. The fraction of sp³-hybridized carbons (Fsp3) is 0.741. The molecule has 2 N–H and O–H groups in total. The summed E-state index contributed by atoms with van der Waals surface area (Å²) in [5.41, 5.74) is 1.33. The molecule has 0 spiro atoms. The largest absolute Gasteiger partial charge is 0.493 e. The van der Waals surface area contributed by atoms with Crippen LogP contribution in [0, 0.1) is 29.0 Å². The highest BCUT2D eigenvalue weighted by Gasteiger charge is 2.51. The minimum atomic E-state index is -1.46. The van der Waals surface area contributed by atoms with Crippen molar-refractivity contribution in [2.24, 2.45) is 23.2 Å². The van der Waals surface area contributed by atoms with Crippen LogP contribution in [0.3, 0.4) is 0 Å². The van der Waals surface area contributed by atoms with E-state index in [0.717, 1.165) is 42.6 Å². The number of hydrogen-bond acceptors (Lipinski definition) is 4. The van der Waals surface area contributed by atoms with E-state index in [1.807, 2.05) is 0 Å². The van der Waals surface area contributed by atoms with Crippen LogP contribution in [0.1, 0.15) is 92.5 Å². The first kappa shape index (κ1) is 21.8. The first-order chi connectivity index (χ1) is 15.9. The van der Waals surface area contributed by atoms with Gasteiger partial charge in [0.15, 0.2) is 6.29 Å².